The predicted molar refractivity (Wildman–Crippen MR) is 100 cm³/mol. The summed E-state index contributed by atoms with van der Waals surface area (Å²) in [4.78, 5) is 5.28. The van der Waals surface area contributed by atoms with Crippen molar-refractivity contribution in [1.82, 2.24) is 9.80 Å². The Balaban J connectivity index is 1.22. The van der Waals surface area contributed by atoms with E-state index < -0.39 is 0 Å². The second-order valence-electron chi connectivity index (χ2n) is 8.91. The summed E-state index contributed by atoms with van der Waals surface area (Å²) < 4.78 is 5.47. The predicted octanol–water partition coefficient (Wildman–Crippen LogP) is 3.39. The number of fused-ring (bicyclic) bond motifs is 2. The van der Waals surface area contributed by atoms with E-state index in [-0.39, 0.29) is 0 Å². The SMILES string of the molecule is c1cc(CN2CCOCC2)cc(CN2C[C@@H]3C4CCC(CC4)[C@@H]3C2)c1. The monoisotopic (exact) mass is 340 g/mol. The van der Waals surface area contributed by atoms with Crippen molar-refractivity contribution in [3.63, 3.8) is 0 Å². The van der Waals surface area contributed by atoms with Gasteiger partial charge in [0.25, 0.3) is 0 Å². The lowest BCUT2D eigenvalue weighted by atomic mass is 9.60. The third-order valence-corrected chi connectivity index (χ3v) is 7.42. The molecule has 2 saturated heterocycles. The van der Waals surface area contributed by atoms with Crippen LogP contribution in [0.2, 0.25) is 0 Å². The van der Waals surface area contributed by atoms with Crippen LogP contribution in [0, 0.1) is 23.7 Å². The van der Waals surface area contributed by atoms with Crippen LogP contribution < -0.4 is 0 Å². The molecule has 6 rings (SSSR count). The summed E-state index contributed by atoms with van der Waals surface area (Å²) in [5, 5.41) is 0. The number of ether oxygens (including phenoxy) is 1. The van der Waals surface area contributed by atoms with Gasteiger partial charge in [0.1, 0.15) is 0 Å². The number of morpholine rings is 1. The Morgan fingerprint density at radius 3 is 1.96 bits per heavy atom. The number of likely N-dealkylation sites (tertiary alicyclic amines) is 1. The molecule has 2 heterocycles. The standard InChI is InChI=1S/C22H32N2O/c1-2-17(13-23-8-10-25-11-9-23)12-18(3-1)14-24-15-21-19-4-5-20(7-6-19)22(21)16-24/h1-3,12,19-22H,4-11,13-16H2/t19?,20?,21-,22+. The van der Waals surface area contributed by atoms with Crippen LogP contribution >= 0.6 is 0 Å². The van der Waals surface area contributed by atoms with Gasteiger partial charge in [-0.1, -0.05) is 24.3 Å². The first-order chi connectivity index (χ1) is 12.3. The fourth-order valence-electron chi connectivity index (χ4n) is 6.17. The van der Waals surface area contributed by atoms with Crippen molar-refractivity contribution in [2.24, 2.45) is 23.7 Å². The highest BCUT2D eigenvalue weighted by Gasteiger charge is 2.47. The topological polar surface area (TPSA) is 15.7 Å². The van der Waals surface area contributed by atoms with Crippen LogP contribution in [0.5, 0.6) is 0 Å². The van der Waals surface area contributed by atoms with E-state index in [1.807, 2.05) is 0 Å². The summed E-state index contributed by atoms with van der Waals surface area (Å²) in [6.07, 6.45) is 6.09. The lowest BCUT2D eigenvalue weighted by molar-refractivity contribution is 0.0342. The zero-order chi connectivity index (χ0) is 16.6. The van der Waals surface area contributed by atoms with Crippen molar-refractivity contribution in [2.75, 3.05) is 39.4 Å². The molecule has 0 spiro atoms. The minimum Gasteiger partial charge on any atom is -0.379 e. The second-order valence-corrected chi connectivity index (χ2v) is 8.91. The molecule has 1 aromatic carbocycles. The fourth-order valence-corrected chi connectivity index (χ4v) is 6.17. The average Bonchev–Trinajstić information content (AvgIpc) is 3.09. The maximum atomic E-state index is 5.47. The van der Waals surface area contributed by atoms with Gasteiger partial charge in [-0.25, -0.2) is 0 Å². The summed E-state index contributed by atoms with van der Waals surface area (Å²) in [5.74, 6) is 4.13. The van der Waals surface area contributed by atoms with Gasteiger partial charge in [-0.3, -0.25) is 9.80 Å². The zero-order valence-corrected chi connectivity index (χ0v) is 15.4. The molecule has 1 aromatic rings. The molecule has 0 N–H and O–H groups in total. The first kappa shape index (κ1) is 16.3. The largest absolute Gasteiger partial charge is 0.379 e. The Hall–Kier alpha value is -0.900. The highest BCUT2D eigenvalue weighted by molar-refractivity contribution is 5.23. The van der Waals surface area contributed by atoms with Crippen LogP contribution in [0.15, 0.2) is 24.3 Å². The van der Waals surface area contributed by atoms with Gasteiger partial charge in [-0.05, 0) is 60.5 Å². The van der Waals surface area contributed by atoms with Gasteiger partial charge in [-0.15, -0.1) is 0 Å². The van der Waals surface area contributed by atoms with Gasteiger partial charge in [-0.2, -0.15) is 0 Å². The lowest BCUT2D eigenvalue weighted by Gasteiger charge is -2.45. The number of hydrogen-bond acceptors (Lipinski definition) is 3. The van der Waals surface area contributed by atoms with Crippen LogP contribution in [0.1, 0.15) is 36.8 Å². The first-order valence-electron chi connectivity index (χ1n) is 10.5. The normalized spacial score (nSPS) is 35.8. The van der Waals surface area contributed by atoms with Crippen molar-refractivity contribution < 1.29 is 4.74 Å². The Morgan fingerprint density at radius 2 is 1.36 bits per heavy atom. The Bertz CT molecular complexity index is 569. The van der Waals surface area contributed by atoms with Crippen LogP contribution in [0.25, 0.3) is 0 Å². The molecular weight excluding hydrogens is 308 g/mol. The smallest absolute Gasteiger partial charge is 0.0594 e. The van der Waals surface area contributed by atoms with E-state index >= 15 is 0 Å². The van der Waals surface area contributed by atoms with E-state index in [0.717, 1.165) is 63.1 Å². The molecule has 3 saturated carbocycles. The molecule has 3 heteroatoms. The summed E-state index contributed by atoms with van der Waals surface area (Å²) in [6.45, 7) is 8.87. The first-order valence-corrected chi connectivity index (χ1v) is 10.5. The van der Waals surface area contributed by atoms with E-state index in [1.54, 1.807) is 0 Å². The minimum absolute atomic E-state index is 0.887. The van der Waals surface area contributed by atoms with Crippen molar-refractivity contribution >= 4 is 0 Å². The van der Waals surface area contributed by atoms with Gasteiger partial charge in [0, 0.05) is 39.3 Å². The highest BCUT2D eigenvalue weighted by atomic mass is 16.5. The number of benzene rings is 1. The van der Waals surface area contributed by atoms with Crippen molar-refractivity contribution in [1.29, 1.82) is 0 Å². The molecule has 2 bridgehead atoms. The molecular formula is C22H32N2O. The molecule has 0 aromatic heterocycles. The van der Waals surface area contributed by atoms with Crippen molar-refractivity contribution in [2.45, 2.75) is 38.8 Å². The third-order valence-electron chi connectivity index (χ3n) is 7.42. The van der Waals surface area contributed by atoms with E-state index in [4.69, 9.17) is 4.74 Å². The minimum atomic E-state index is 0.887. The molecule has 3 nitrogen and oxygen atoms in total. The van der Waals surface area contributed by atoms with Crippen LogP contribution in [-0.2, 0) is 17.8 Å². The molecule has 5 aliphatic rings. The fraction of sp³-hybridized carbons (Fsp3) is 0.727. The Kier molecular flexibility index (Phi) is 4.57. The molecule has 0 unspecified atom stereocenters. The van der Waals surface area contributed by atoms with Gasteiger partial charge >= 0.3 is 0 Å². The maximum Gasteiger partial charge on any atom is 0.0594 e. The number of hydrogen-bond donors (Lipinski definition) is 0. The van der Waals surface area contributed by atoms with Crippen LogP contribution in [0.3, 0.4) is 0 Å². The number of rotatable bonds is 4. The molecule has 2 atom stereocenters. The second kappa shape index (κ2) is 7.02. The summed E-state index contributed by atoms with van der Waals surface area (Å²) in [6, 6.07) is 9.34. The number of nitrogens with zero attached hydrogens (tertiary/aromatic N) is 2. The van der Waals surface area contributed by atoms with E-state index in [0.29, 0.717) is 0 Å². The molecule has 5 fully saturated rings. The molecule has 136 valence electrons. The highest BCUT2D eigenvalue weighted by Crippen LogP contribution is 2.51. The van der Waals surface area contributed by atoms with Crippen molar-refractivity contribution in [3.05, 3.63) is 35.4 Å². The van der Waals surface area contributed by atoms with Crippen LogP contribution in [0.4, 0.5) is 0 Å². The molecule has 3 aliphatic carbocycles. The van der Waals surface area contributed by atoms with E-state index in [9.17, 15) is 0 Å². The Labute approximate surface area is 152 Å². The zero-order valence-electron chi connectivity index (χ0n) is 15.4. The molecule has 2 aliphatic heterocycles. The van der Waals surface area contributed by atoms with Gasteiger partial charge in [0.05, 0.1) is 13.2 Å². The molecule has 0 radical (unpaired) electrons. The summed E-state index contributed by atoms with van der Waals surface area (Å²) in [5.41, 5.74) is 2.98. The average molecular weight is 341 g/mol. The van der Waals surface area contributed by atoms with Gasteiger partial charge in [0.2, 0.25) is 0 Å². The maximum absolute atomic E-state index is 5.47. The van der Waals surface area contributed by atoms with E-state index in [2.05, 4.69) is 34.1 Å². The quantitative estimate of drug-likeness (QED) is 0.836. The lowest BCUT2D eigenvalue weighted by Crippen LogP contribution is -2.38. The third kappa shape index (κ3) is 3.39. The summed E-state index contributed by atoms with van der Waals surface area (Å²) >= 11 is 0. The van der Waals surface area contributed by atoms with E-state index in [1.165, 1.54) is 49.9 Å². The molecule has 0 amide bonds. The van der Waals surface area contributed by atoms with Crippen LogP contribution in [-0.4, -0.2) is 49.2 Å². The summed E-state index contributed by atoms with van der Waals surface area (Å²) in [7, 11) is 0. The van der Waals surface area contributed by atoms with Crippen molar-refractivity contribution in [3.8, 4) is 0 Å². The Morgan fingerprint density at radius 1 is 0.800 bits per heavy atom. The van der Waals surface area contributed by atoms with Gasteiger partial charge < -0.3 is 4.74 Å². The van der Waals surface area contributed by atoms with Gasteiger partial charge in [0.15, 0.2) is 0 Å². The molecule has 25 heavy (non-hydrogen) atoms.